The molecule has 1 amide bonds. The van der Waals surface area contributed by atoms with Crippen LogP contribution in [0.1, 0.15) is 21.5 Å². The van der Waals surface area contributed by atoms with Gasteiger partial charge < -0.3 is 11.1 Å². The van der Waals surface area contributed by atoms with Crippen molar-refractivity contribution in [2.45, 2.75) is 13.1 Å². The van der Waals surface area contributed by atoms with Crippen LogP contribution in [0.4, 0.5) is 28.9 Å². The van der Waals surface area contributed by atoms with Gasteiger partial charge in [0.25, 0.3) is 5.91 Å². The second-order valence-corrected chi connectivity index (χ2v) is 6.98. The lowest BCUT2D eigenvalue weighted by Crippen LogP contribution is -2.18. The molecule has 0 aliphatic heterocycles. The lowest BCUT2D eigenvalue weighted by atomic mass is 9.98. The number of carbonyl (C=O) groups excluding carboxylic acids is 1. The first kappa shape index (κ1) is 21.9. The molecule has 33 heavy (non-hydrogen) atoms. The molecule has 3 N–H and O–H groups in total. The van der Waals surface area contributed by atoms with Crippen molar-refractivity contribution in [2.75, 3.05) is 11.1 Å². The van der Waals surface area contributed by atoms with Gasteiger partial charge in [-0.15, -0.1) is 4.80 Å². The number of alkyl halides is 3. The van der Waals surface area contributed by atoms with Gasteiger partial charge in [-0.05, 0) is 36.8 Å². The average molecular weight is 457 g/mol. The first-order valence-corrected chi connectivity index (χ1v) is 9.40. The smallest absolute Gasteiger partial charge is 0.397 e. The molecule has 4 rings (SSSR count). The third kappa shape index (κ3) is 4.35. The molecule has 4 aromatic rings. The zero-order chi connectivity index (χ0) is 23.8. The summed E-state index contributed by atoms with van der Waals surface area (Å²) in [6.07, 6.45) is 1.48. The number of aryl methyl sites for hydroxylation is 1. The molecular weight excluding hydrogens is 442 g/mol. The van der Waals surface area contributed by atoms with Gasteiger partial charge in [-0.3, -0.25) is 9.78 Å². The molecule has 0 saturated heterocycles. The summed E-state index contributed by atoms with van der Waals surface area (Å²) in [5.74, 6) is -2.08. The van der Waals surface area contributed by atoms with E-state index in [0.717, 1.165) is 17.1 Å². The van der Waals surface area contributed by atoms with E-state index in [1.807, 2.05) is 0 Å². The number of pyridine rings is 2. The molecule has 1 aromatic carbocycles. The Kier molecular flexibility index (Phi) is 5.50. The van der Waals surface area contributed by atoms with E-state index in [0.29, 0.717) is 17.2 Å². The summed E-state index contributed by atoms with van der Waals surface area (Å²) in [7, 11) is 0. The van der Waals surface area contributed by atoms with Crippen LogP contribution in [0.5, 0.6) is 0 Å². The van der Waals surface area contributed by atoms with Gasteiger partial charge in [0.15, 0.2) is 5.82 Å². The van der Waals surface area contributed by atoms with Crippen LogP contribution < -0.4 is 11.1 Å². The first-order chi connectivity index (χ1) is 15.6. The Morgan fingerprint density at radius 3 is 2.45 bits per heavy atom. The van der Waals surface area contributed by atoms with Crippen molar-refractivity contribution in [2.24, 2.45) is 0 Å². The SMILES string of the molecule is Cc1cc(-c2ccncc2N)c(F)cc1C(=O)Nc1cnc(-n2nccn2)c(C(F)(F)F)c1. The van der Waals surface area contributed by atoms with Crippen LogP contribution >= 0.6 is 0 Å². The highest BCUT2D eigenvalue weighted by Crippen LogP contribution is 2.34. The summed E-state index contributed by atoms with van der Waals surface area (Å²) in [6, 6.07) is 4.68. The molecule has 0 aliphatic rings. The number of nitrogens with one attached hydrogen (secondary N) is 1. The number of carbonyl (C=O) groups is 1. The molecule has 168 valence electrons. The maximum Gasteiger partial charge on any atom is 0.420 e. The summed E-state index contributed by atoms with van der Waals surface area (Å²) in [5, 5.41) is 9.65. The molecule has 3 heterocycles. The van der Waals surface area contributed by atoms with Crippen molar-refractivity contribution < 1.29 is 22.4 Å². The molecule has 0 bridgehead atoms. The molecule has 0 unspecified atom stereocenters. The Balaban J connectivity index is 1.66. The first-order valence-electron chi connectivity index (χ1n) is 9.40. The topological polar surface area (TPSA) is 112 Å². The van der Waals surface area contributed by atoms with E-state index in [2.05, 4.69) is 25.5 Å². The minimum absolute atomic E-state index is 0.0599. The molecule has 0 radical (unpaired) electrons. The fourth-order valence-corrected chi connectivity index (χ4v) is 3.20. The third-order valence-electron chi connectivity index (χ3n) is 4.74. The quantitative estimate of drug-likeness (QED) is 0.448. The second kappa shape index (κ2) is 8.30. The maximum absolute atomic E-state index is 14.8. The number of hydrogen-bond acceptors (Lipinski definition) is 6. The molecular formula is C21H15F4N7O. The average Bonchev–Trinajstić information content (AvgIpc) is 3.30. The molecule has 8 nitrogen and oxygen atoms in total. The Morgan fingerprint density at radius 2 is 1.79 bits per heavy atom. The van der Waals surface area contributed by atoms with Crippen molar-refractivity contribution in [1.82, 2.24) is 25.0 Å². The Hall–Kier alpha value is -4.35. The Morgan fingerprint density at radius 1 is 1.06 bits per heavy atom. The predicted molar refractivity (Wildman–Crippen MR) is 111 cm³/mol. The van der Waals surface area contributed by atoms with Gasteiger partial charge in [-0.2, -0.15) is 23.4 Å². The van der Waals surface area contributed by atoms with Gasteiger partial charge >= 0.3 is 6.18 Å². The van der Waals surface area contributed by atoms with Crippen molar-refractivity contribution in [3.05, 3.63) is 77.8 Å². The van der Waals surface area contributed by atoms with E-state index in [1.165, 1.54) is 36.9 Å². The highest BCUT2D eigenvalue weighted by Gasteiger charge is 2.36. The monoisotopic (exact) mass is 457 g/mol. The standard InChI is InChI=1S/C21H15F4N7O/c1-11-6-15(13-2-3-27-10-18(13)26)17(22)8-14(11)20(33)31-12-7-16(21(23,24)25)19(28-9-12)32-29-4-5-30-32/h2-10H,26H2,1H3,(H,31,33). The molecule has 0 atom stereocenters. The molecule has 0 aliphatic carbocycles. The van der Waals surface area contributed by atoms with Gasteiger partial charge in [0.1, 0.15) is 11.4 Å². The van der Waals surface area contributed by atoms with Crippen LogP contribution in [-0.4, -0.2) is 30.9 Å². The minimum atomic E-state index is -4.79. The number of amides is 1. The number of nitrogens with two attached hydrogens (primary N) is 1. The lowest BCUT2D eigenvalue weighted by molar-refractivity contribution is -0.137. The fourth-order valence-electron chi connectivity index (χ4n) is 3.20. The lowest BCUT2D eigenvalue weighted by Gasteiger charge is -2.14. The number of rotatable bonds is 4. The fraction of sp³-hybridized carbons (Fsp3) is 0.0952. The van der Waals surface area contributed by atoms with Crippen molar-refractivity contribution in [1.29, 1.82) is 0 Å². The zero-order valence-corrected chi connectivity index (χ0v) is 16.9. The molecule has 0 fully saturated rings. The number of anilines is 2. The number of aromatic nitrogens is 5. The number of hydrogen-bond donors (Lipinski definition) is 2. The van der Waals surface area contributed by atoms with Crippen LogP contribution in [-0.2, 0) is 6.18 Å². The van der Waals surface area contributed by atoms with E-state index in [9.17, 15) is 22.4 Å². The van der Waals surface area contributed by atoms with Gasteiger partial charge in [0.05, 0.1) is 36.2 Å². The van der Waals surface area contributed by atoms with E-state index < -0.39 is 29.3 Å². The summed E-state index contributed by atoms with van der Waals surface area (Å²) >= 11 is 0. The van der Waals surface area contributed by atoms with Crippen molar-refractivity contribution in [3.63, 3.8) is 0 Å². The second-order valence-electron chi connectivity index (χ2n) is 6.98. The number of nitrogens with zero attached hydrogens (tertiary/aromatic N) is 5. The van der Waals surface area contributed by atoms with E-state index in [4.69, 9.17) is 5.73 Å². The normalized spacial score (nSPS) is 11.4. The number of benzene rings is 1. The van der Waals surface area contributed by atoms with Gasteiger partial charge in [0, 0.05) is 22.9 Å². The van der Waals surface area contributed by atoms with Gasteiger partial charge in [-0.1, -0.05) is 0 Å². The summed E-state index contributed by atoms with van der Waals surface area (Å²) < 4.78 is 55.4. The highest BCUT2D eigenvalue weighted by molar-refractivity contribution is 6.05. The minimum Gasteiger partial charge on any atom is -0.397 e. The van der Waals surface area contributed by atoms with Crippen molar-refractivity contribution in [3.8, 4) is 16.9 Å². The zero-order valence-electron chi connectivity index (χ0n) is 16.9. The molecule has 3 aromatic heterocycles. The largest absolute Gasteiger partial charge is 0.420 e. The van der Waals surface area contributed by atoms with Crippen LogP contribution in [0.2, 0.25) is 0 Å². The summed E-state index contributed by atoms with van der Waals surface area (Å²) in [6.45, 7) is 1.57. The Bertz CT molecular complexity index is 1340. The highest BCUT2D eigenvalue weighted by atomic mass is 19.4. The Labute approximate surface area is 184 Å². The number of halogens is 4. The van der Waals surface area contributed by atoms with Gasteiger partial charge in [-0.25, -0.2) is 9.37 Å². The van der Waals surface area contributed by atoms with Crippen LogP contribution in [0.3, 0.4) is 0 Å². The molecule has 0 saturated carbocycles. The summed E-state index contributed by atoms with van der Waals surface area (Å²) in [5.41, 5.74) is 5.62. The van der Waals surface area contributed by atoms with E-state index >= 15 is 0 Å². The van der Waals surface area contributed by atoms with Gasteiger partial charge in [0.2, 0.25) is 0 Å². The van der Waals surface area contributed by atoms with E-state index in [1.54, 1.807) is 6.92 Å². The predicted octanol–water partition coefficient (Wildman–Crippen LogP) is 4.03. The van der Waals surface area contributed by atoms with Crippen LogP contribution in [0.25, 0.3) is 16.9 Å². The van der Waals surface area contributed by atoms with E-state index in [-0.39, 0.29) is 22.5 Å². The number of nitrogen functional groups attached to an aromatic ring is 1. The molecule has 12 heteroatoms. The van der Waals surface area contributed by atoms with Crippen LogP contribution in [0, 0.1) is 12.7 Å². The molecule has 0 spiro atoms. The summed E-state index contributed by atoms with van der Waals surface area (Å²) in [4.78, 5) is 21.0. The maximum atomic E-state index is 14.8. The van der Waals surface area contributed by atoms with Crippen LogP contribution in [0.15, 0.2) is 55.2 Å². The third-order valence-corrected chi connectivity index (χ3v) is 4.74. The van der Waals surface area contributed by atoms with Crippen molar-refractivity contribution >= 4 is 17.3 Å².